The summed E-state index contributed by atoms with van der Waals surface area (Å²) in [4.78, 5) is 26.1. The number of benzene rings is 2. The standard InChI is InChI=1S/C25H24F4N2O2/c1-14-10-17(7-9-22(14)26)30-24(33)16-6-8-23(27)21(11-16)25(28,29)15(2)31-18-4-3-5-19(31)13-20(32)12-18/h6-11,18-19H,2-5,12-13H2,1H3,(H,30,33)/t18-,19+. The number of fused-ring (bicyclic) bond motifs is 2. The number of ketones is 1. The Hall–Kier alpha value is -3.16. The summed E-state index contributed by atoms with van der Waals surface area (Å²) in [7, 11) is 0. The number of aryl methyl sites for hydroxylation is 1. The minimum absolute atomic E-state index is 0.0398. The third-order valence-electron chi connectivity index (χ3n) is 6.44. The lowest BCUT2D eigenvalue weighted by atomic mass is 9.82. The van der Waals surface area contributed by atoms with Crippen molar-refractivity contribution in [3.8, 4) is 0 Å². The molecule has 4 rings (SSSR count). The van der Waals surface area contributed by atoms with Crippen LogP contribution < -0.4 is 5.32 Å². The Morgan fingerprint density at radius 1 is 1.06 bits per heavy atom. The minimum Gasteiger partial charge on any atom is -0.363 e. The molecule has 33 heavy (non-hydrogen) atoms. The van der Waals surface area contributed by atoms with E-state index in [2.05, 4.69) is 11.9 Å². The van der Waals surface area contributed by atoms with Gasteiger partial charge in [0.05, 0.1) is 11.3 Å². The van der Waals surface area contributed by atoms with Crippen molar-refractivity contribution in [2.45, 2.75) is 57.0 Å². The van der Waals surface area contributed by atoms with Crippen molar-refractivity contribution in [2.24, 2.45) is 0 Å². The Kier molecular flexibility index (Phi) is 6.03. The second-order valence-electron chi connectivity index (χ2n) is 8.73. The molecule has 2 aromatic rings. The zero-order chi connectivity index (χ0) is 23.9. The molecule has 2 aromatic carbocycles. The predicted molar refractivity (Wildman–Crippen MR) is 116 cm³/mol. The maximum Gasteiger partial charge on any atom is 0.314 e. The van der Waals surface area contributed by atoms with Crippen molar-refractivity contribution in [3.05, 3.63) is 77.0 Å². The number of carbonyl (C=O) groups is 2. The molecule has 4 nitrogen and oxygen atoms in total. The van der Waals surface area contributed by atoms with Gasteiger partial charge in [0, 0.05) is 36.2 Å². The van der Waals surface area contributed by atoms with Crippen LogP contribution in [0, 0.1) is 18.6 Å². The molecule has 0 unspecified atom stereocenters. The van der Waals surface area contributed by atoms with Crippen LogP contribution in [0.2, 0.25) is 0 Å². The highest BCUT2D eigenvalue weighted by Gasteiger charge is 2.47. The van der Waals surface area contributed by atoms with Gasteiger partial charge in [-0.1, -0.05) is 6.58 Å². The number of rotatable bonds is 5. The van der Waals surface area contributed by atoms with Crippen LogP contribution in [0.4, 0.5) is 23.2 Å². The van der Waals surface area contributed by atoms with Crippen LogP contribution in [-0.2, 0) is 10.7 Å². The van der Waals surface area contributed by atoms with Gasteiger partial charge in [-0.2, -0.15) is 8.78 Å². The third-order valence-corrected chi connectivity index (χ3v) is 6.44. The fraction of sp³-hybridized carbons (Fsp3) is 0.360. The molecule has 1 N–H and O–H groups in total. The molecule has 8 heteroatoms. The van der Waals surface area contributed by atoms with Crippen LogP contribution in [0.3, 0.4) is 0 Å². The van der Waals surface area contributed by atoms with Crippen molar-refractivity contribution in [2.75, 3.05) is 5.32 Å². The van der Waals surface area contributed by atoms with E-state index in [0.29, 0.717) is 18.4 Å². The van der Waals surface area contributed by atoms with Crippen LogP contribution in [0.1, 0.15) is 53.6 Å². The molecule has 0 aromatic heterocycles. The smallest absolute Gasteiger partial charge is 0.314 e. The normalized spacial score (nSPS) is 20.5. The summed E-state index contributed by atoms with van der Waals surface area (Å²) in [6, 6.07) is 5.93. The Morgan fingerprint density at radius 3 is 2.33 bits per heavy atom. The first kappa shape index (κ1) is 23.0. The van der Waals surface area contributed by atoms with E-state index in [1.54, 1.807) is 0 Å². The SMILES string of the molecule is C=C(N1[C@@H]2CCC[C@H]1CC(=O)C2)C(F)(F)c1cc(C(=O)Nc2ccc(F)c(C)c2)ccc1F. The van der Waals surface area contributed by atoms with Gasteiger partial charge >= 0.3 is 5.92 Å². The number of carbonyl (C=O) groups excluding carboxylic acids is 2. The van der Waals surface area contributed by atoms with E-state index in [1.807, 2.05) is 0 Å². The second-order valence-corrected chi connectivity index (χ2v) is 8.73. The highest BCUT2D eigenvalue weighted by molar-refractivity contribution is 6.04. The summed E-state index contributed by atoms with van der Waals surface area (Å²) < 4.78 is 59.1. The number of hydrogen-bond acceptors (Lipinski definition) is 3. The van der Waals surface area contributed by atoms with Gasteiger partial charge in [0.1, 0.15) is 17.4 Å². The molecule has 0 radical (unpaired) electrons. The summed E-state index contributed by atoms with van der Waals surface area (Å²) in [6.07, 6.45) is 2.38. The van der Waals surface area contributed by atoms with Crippen molar-refractivity contribution in [1.29, 1.82) is 0 Å². The first-order valence-corrected chi connectivity index (χ1v) is 10.8. The number of piperidine rings is 2. The lowest BCUT2D eigenvalue weighted by Gasteiger charge is -2.49. The monoisotopic (exact) mass is 460 g/mol. The molecular weight excluding hydrogens is 436 g/mol. The maximum atomic E-state index is 15.5. The number of allylic oxidation sites excluding steroid dienone is 1. The minimum atomic E-state index is -3.78. The number of nitrogens with one attached hydrogen (secondary N) is 1. The van der Waals surface area contributed by atoms with Gasteiger partial charge in [-0.3, -0.25) is 9.59 Å². The number of hydrogen-bond donors (Lipinski definition) is 1. The number of nitrogens with zero attached hydrogens (tertiary/aromatic N) is 1. The summed E-state index contributed by atoms with van der Waals surface area (Å²) in [6.45, 7) is 5.12. The summed E-state index contributed by atoms with van der Waals surface area (Å²) >= 11 is 0. The molecule has 0 saturated carbocycles. The van der Waals surface area contributed by atoms with E-state index in [9.17, 15) is 18.4 Å². The van der Waals surface area contributed by atoms with Crippen LogP contribution in [-0.4, -0.2) is 28.7 Å². The molecule has 0 spiro atoms. The lowest BCUT2D eigenvalue weighted by Crippen LogP contribution is -2.53. The van der Waals surface area contributed by atoms with Crippen LogP contribution in [0.25, 0.3) is 0 Å². The van der Waals surface area contributed by atoms with Gasteiger partial charge < -0.3 is 10.2 Å². The number of Topliss-reactive ketones (excluding diaryl/α,β-unsaturated/α-hetero) is 1. The van der Waals surface area contributed by atoms with Crippen LogP contribution in [0.5, 0.6) is 0 Å². The molecule has 174 valence electrons. The lowest BCUT2D eigenvalue weighted by molar-refractivity contribution is -0.128. The van der Waals surface area contributed by atoms with Crippen molar-refractivity contribution < 1.29 is 27.2 Å². The number of amides is 1. The van der Waals surface area contributed by atoms with E-state index in [0.717, 1.165) is 24.6 Å². The molecule has 0 aliphatic carbocycles. The second kappa shape index (κ2) is 8.65. The zero-order valence-electron chi connectivity index (χ0n) is 18.1. The summed E-state index contributed by atoms with van der Waals surface area (Å²) in [5.74, 6) is -6.07. The van der Waals surface area contributed by atoms with Crippen molar-refractivity contribution in [1.82, 2.24) is 4.90 Å². The van der Waals surface area contributed by atoms with E-state index in [4.69, 9.17) is 0 Å². The highest BCUT2D eigenvalue weighted by Crippen LogP contribution is 2.44. The fourth-order valence-electron chi connectivity index (χ4n) is 4.77. The molecular formula is C25H24F4N2O2. The molecule has 1 amide bonds. The molecule has 2 aliphatic rings. The summed E-state index contributed by atoms with van der Waals surface area (Å²) in [5.41, 5.74) is -1.09. The number of halogens is 4. The third kappa shape index (κ3) is 4.38. The van der Waals surface area contributed by atoms with Gasteiger partial charge in [-0.15, -0.1) is 0 Å². The van der Waals surface area contributed by atoms with Gasteiger partial charge in [-0.25, -0.2) is 8.78 Å². The van der Waals surface area contributed by atoms with E-state index in [1.165, 1.54) is 30.0 Å². The molecule has 2 saturated heterocycles. The van der Waals surface area contributed by atoms with Gasteiger partial charge in [-0.05, 0) is 68.1 Å². The molecule has 2 aliphatic heterocycles. The molecule has 2 heterocycles. The van der Waals surface area contributed by atoms with Gasteiger partial charge in [0.25, 0.3) is 5.91 Å². The fourth-order valence-corrected chi connectivity index (χ4v) is 4.77. The number of alkyl halides is 2. The van der Waals surface area contributed by atoms with Gasteiger partial charge in [0.2, 0.25) is 0 Å². The molecule has 2 bridgehead atoms. The topological polar surface area (TPSA) is 49.4 Å². The average molecular weight is 460 g/mol. The maximum absolute atomic E-state index is 15.5. The van der Waals surface area contributed by atoms with Crippen LogP contribution in [0.15, 0.2) is 48.7 Å². The Labute approximate surface area is 189 Å². The van der Waals surface area contributed by atoms with Gasteiger partial charge in [0.15, 0.2) is 0 Å². The number of anilines is 1. The highest BCUT2D eigenvalue weighted by atomic mass is 19.3. The van der Waals surface area contributed by atoms with Crippen molar-refractivity contribution >= 4 is 17.4 Å². The molecule has 2 atom stereocenters. The van der Waals surface area contributed by atoms with Crippen molar-refractivity contribution in [3.63, 3.8) is 0 Å². The van der Waals surface area contributed by atoms with E-state index >= 15 is 8.78 Å². The average Bonchev–Trinajstić information content (AvgIpc) is 2.75. The predicted octanol–water partition coefficient (Wildman–Crippen LogP) is 5.72. The molecule has 2 fully saturated rings. The Balaban J connectivity index is 1.60. The summed E-state index contributed by atoms with van der Waals surface area (Å²) in [5, 5.41) is 2.51. The largest absolute Gasteiger partial charge is 0.363 e. The first-order chi connectivity index (χ1) is 15.6. The Bertz CT molecular complexity index is 1120. The van der Waals surface area contributed by atoms with Crippen LogP contribution >= 0.6 is 0 Å². The Morgan fingerprint density at radius 2 is 1.70 bits per heavy atom. The first-order valence-electron chi connectivity index (χ1n) is 10.8. The quantitative estimate of drug-likeness (QED) is 0.581. The van der Waals surface area contributed by atoms with E-state index in [-0.39, 0.29) is 42.0 Å². The van der Waals surface area contributed by atoms with E-state index < -0.39 is 34.7 Å². The zero-order valence-corrected chi connectivity index (χ0v) is 18.1.